The van der Waals surface area contributed by atoms with E-state index in [1.165, 1.54) is 36.4 Å². The van der Waals surface area contributed by atoms with Crippen LogP contribution in [0.3, 0.4) is 0 Å². The highest BCUT2D eigenvalue weighted by Gasteiger charge is 2.14. The molecule has 2 aromatic carbocycles. The van der Waals surface area contributed by atoms with Gasteiger partial charge in [0.05, 0.1) is 22.9 Å². The van der Waals surface area contributed by atoms with E-state index in [2.05, 4.69) is 5.32 Å². The quantitative estimate of drug-likeness (QED) is 0.851. The predicted molar refractivity (Wildman–Crippen MR) is 86.5 cm³/mol. The number of benzene rings is 2. The zero-order valence-corrected chi connectivity index (χ0v) is 13.4. The Hall–Kier alpha value is -2.40. The molecule has 0 heterocycles. The second-order valence-electron chi connectivity index (χ2n) is 4.83. The van der Waals surface area contributed by atoms with E-state index in [0.717, 1.165) is 0 Å². The van der Waals surface area contributed by atoms with Crippen molar-refractivity contribution in [2.24, 2.45) is 0 Å². The van der Waals surface area contributed by atoms with Crippen molar-refractivity contribution in [3.8, 4) is 0 Å². The number of rotatable bonds is 4. The lowest BCUT2D eigenvalue weighted by Crippen LogP contribution is -2.14. The molecule has 23 heavy (non-hydrogen) atoms. The van der Waals surface area contributed by atoms with E-state index >= 15 is 0 Å². The van der Waals surface area contributed by atoms with E-state index in [9.17, 15) is 14.0 Å². The molecule has 0 aliphatic rings. The van der Waals surface area contributed by atoms with Gasteiger partial charge in [0, 0.05) is 5.56 Å². The Morgan fingerprint density at radius 1 is 1.22 bits per heavy atom. The van der Waals surface area contributed by atoms with Gasteiger partial charge in [-0.05, 0) is 55.8 Å². The molecule has 0 spiro atoms. The van der Waals surface area contributed by atoms with Gasteiger partial charge < -0.3 is 10.1 Å². The van der Waals surface area contributed by atoms with Gasteiger partial charge in [0.15, 0.2) is 0 Å². The summed E-state index contributed by atoms with van der Waals surface area (Å²) < 4.78 is 18.0. The number of carbonyl (C=O) groups excluding carboxylic acids is 2. The molecule has 0 saturated heterocycles. The second-order valence-corrected chi connectivity index (χ2v) is 5.24. The monoisotopic (exact) mass is 335 g/mol. The van der Waals surface area contributed by atoms with Crippen molar-refractivity contribution in [1.82, 2.24) is 0 Å². The maximum atomic E-state index is 13.1. The number of halogens is 2. The summed E-state index contributed by atoms with van der Waals surface area (Å²) in [4.78, 5) is 23.9. The zero-order chi connectivity index (χ0) is 17.0. The summed E-state index contributed by atoms with van der Waals surface area (Å²) in [5, 5.41) is 2.85. The van der Waals surface area contributed by atoms with Crippen LogP contribution in [0.25, 0.3) is 0 Å². The lowest BCUT2D eigenvalue weighted by molar-refractivity contribution is 0.0526. The van der Waals surface area contributed by atoms with E-state index in [1.54, 1.807) is 13.8 Å². The van der Waals surface area contributed by atoms with Crippen molar-refractivity contribution in [2.45, 2.75) is 13.8 Å². The first-order valence-electron chi connectivity index (χ1n) is 6.96. The Labute approximate surface area is 138 Å². The Balaban J connectivity index is 2.20. The predicted octanol–water partition coefficient (Wildman–Crippen LogP) is 4.22. The molecule has 6 heteroatoms. The van der Waals surface area contributed by atoms with Crippen LogP contribution in [-0.2, 0) is 4.74 Å². The fourth-order valence-electron chi connectivity index (χ4n) is 2.03. The van der Waals surface area contributed by atoms with Crippen molar-refractivity contribution in [3.63, 3.8) is 0 Å². The van der Waals surface area contributed by atoms with Crippen molar-refractivity contribution in [2.75, 3.05) is 11.9 Å². The van der Waals surface area contributed by atoms with Crippen LogP contribution in [0.15, 0.2) is 36.4 Å². The number of amides is 1. The summed E-state index contributed by atoms with van der Waals surface area (Å²) in [5.41, 5.74) is 1.51. The van der Waals surface area contributed by atoms with Crippen molar-refractivity contribution < 1.29 is 18.7 Å². The second kappa shape index (κ2) is 7.24. The highest BCUT2D eigenvalue weighted by molar-refractivity contribution is 6.34. The Bertz CT molecular complexity index is 761. The largest absolute Gasteiger partial charge is 0.462 e. The van der Waals surface area contributed by atoms with Crippen LogP contribution >= 0.6 is 11.6 Å². The molecule has 0 aromatic heterocycles. The third kappa shape index (κ3) is 4.07. The van der Waals surface area contributed by atoms with E-state index in [1.807, 2.05) is 0 Å². The number of aryl methyl sites for hydroxylation is 1. The molecule has 0 radical (unpaired) electrons. The lowest BCUT2D eigenvalue weighted by Gasteiger charge is -2.10. The van der Waals surface area contributed by atoms with Crippen LogP contribution < -0.4 is 5.32 Å². The molecule has 0 aliphatic carbocycles. The number of nitrogens with one attached hydrogen (secondary N) is 1. The molecule has 120 valence electrons. The highest BCUT2D eigenvalue weighted by atomic mass is 35.5. The summed E-state index contributed by atoms with van der Waals surface area (Å²) >= 11 is 6.09. The number of carbonyl (C=O) groups is 2. The smallest absolute Gasteiger partial charge is 0.338 e. The van der Waals surface area contributed by atoms with Gasteiger partial charge in [0.2, 0.25) is 0 Å². The maximum Gasteiger partial charge on any atom is 0.338 e. The van der Waals surface area contributed by atoms with Gasteiger partial charge >= 0.3 is 5.97 Å². The summed E-state index contributed by atoms with van der Waals surface area (Å²) in [5.74, 6) is -1.30. The standard InChI is InChI=1S/C17H15ClFNO3/c1-3-23-17(22)11-4-7-15(14(18)9-11)20-16(21)13-6-5-12(19)8-10(13)2/h4-9H,3H2,1-2H3,(H,20,21). The van der Waals surface area contributed by atoms with Crippen LogP contribution in [0.5, 0.6) is 0 Å². The Morgan fingerprint density at radius 3 is 2.57 bits per heavy atom. The number of ether oxygens (including phenoxy) is 1. The van der Waals surface area contributed by atoms with Crippen LogP contribution in [0.1, 0.15) is 33.2 Å². The van der Waals surface area contributed by atoms with Gasteiger partial charge in [0.25, 0.3) is 5.91 Å². The number of esters is 1. The number of hydrogen-bond acceptors (Lipinski definition) is 3. The summed E-state index contributed by atoms with van der Waals surface area (Å²) in [6.07, 6.45) is 0. The van der Waals surface area contributed by atoms with Gasteiger partial charge in [-0.25, -0.2) is 9.18 Å². The first-order chi connectivity index (χ1) is 10.9. The fraction of sp³-hybridized carbons (Fsp3) is 0.176. The van der Waals surface area contributed by atoms with E-state index < -0.39 is 17.7 Å². The Morgan fingerprint density at radius 2 is 1.96 bits per heavy atom. The summed E-state index contributed by atoms with van der Waals surface area (Å²) in [6, 6.07) is 8.35. The van der Waals surface area contributed by atoms with Crippen molar-refractivity contribution >= 4 is 29.2 Å². The topological polar surface area (TPSA) is 55.4 Å². The summed E-state index contributed by atoms with van der Waals surface area (Å²) in [6.45, 7) is 3.61. The first kappa shape index (κ1) is 17.0. The van der Waals surface area contributed by atoms with E-state index in [-0.39, 0.29) is 11.6 Å². The number of anilines is 1. The van der Waals surface area contributed by atoms with Crippen LogP contribution in [0, 0.1) is 12.7 Å². The van der Waals surface area contributed by atoms with Crippen molar-refractivity contribution in [3.05, 3.63) is 63.9 Å². The molecule has 2 rings (SSSR count). The normalized spacial score (nSPS) is 10.3. The van der Waals surface area contributed by atoms with E-state index in [0.29, 0.717) is 22.4 Å². The molecule has 0 atom stereocenters. The lowest BCUT2D eigenvalue weighted by atomic mass is 10.1. The van der Waals surface area contributed by atoms with Gasteiger partial charge in [-0.15, -0.1) is 0 Å². The molecule has 0 aliphatic heterocycles. The molecule has 0 bridgehead atoms. The minimum atomic E-state index is -0.485. The molecule has 0 unspecified atom stereocenters. The van der Waals surface area contributed by atoms with Crippen LogP contribution in [0.4, 0.5) is 10.1 Å². The van der Waals surface area contributed by atoms with Crippen LogP contribution in [-0.4, -0.2) is 18.5 Å². The highest BCUT2D eigenvalue weighted by Crippen LogP contribution is 2.24. The Kier molecular flexibility index (Phi) is 5.34. The van der Waals surface area contributed by atoms with Gasteiger partial charge in [-0.1, -0.05) is 11.6 Å². The fourth-order valence-corrected chi connectivity index (χ4v) is 2.26. The summed E-state index contributed by atoms with van der Waals surface area (Å²) in [7, 11) is 0. The minimum absolute atomic E-state index is 0.212. The molecular formula is C17H15ClFNO3. The molecule has 4 nitrogen and oxygen atoms in total. The average molecular weight is 336 g/mol. The third-order valence-corrected chi connectivity index (χ3v) is 3.47. The molecule has 2 aromatic rings. The molecular weight excluding hydrogens is 321 g/mol. The SMILES string of the molecule is CCOC(=O)c1ccc(NC(=O)c2ccc(F)cc2C)c(Cl)c1. The van der Waals surface area contributed by atoms with Gasteiger partial charge in [-0.3, -0.25) is 4.79 Å². The van der Waals surface area contributed by atoms with Gasteiger partial charge in [-0.2, -0.15) is 0 Å². The first-order valence-corrected chi connectivity index (χ1v) is 7.34. The van der Waals surface area contributed by atoms with Crippen LogP contribution in [0.2, 0.25) is 5.02 Å². The average Bonchev–Trinajstić information content (AvgIpc) is 2.49. The minimum Gasteiger partial charge on any atom is -0.462 e. The van der Waals surface area contributed by atoms with Crippen molar-refractivity contribution in [1.29, 1.82) is 0 Å². The van der Waals surface area contributed by atoms with E-state index in [4.69, 9.17) is 16.3 Å². The number of hydrogen-bond donors (Lipinski definition) is 1. The molecule has 0 saturated carbocycles. The zero-order valence-electron chi connectivity index (χ0n) is 12.7. The molecule has 1 N–H and O–H groups in total. The molecule has 1 amide bonds. The maximum absolute atomic E-state index is 13.1. The van der Waals surface area contributed by atoms with Gasteiger partial charge in [0.1, 0.15) is 5.82 Å². The molecule has 0 fully saturated rings. The third-order valence-electron chi connectivity index (χ3n) is 3.16.